The number of hydrogen-bond acceptors (Lipinski definition) is 4. The summed E-state index contributed by atoms with van der Waals surface area (Å²) in [5, 5.41) is 0. The van der Waals surface area contributed by atoms with E-state index < -0.39 is 17.1 Å². The number of aromatic nitrogens is 1. The van der Waals surface area contributed by atoms with Crippen LogP contribution >= 0.6 is 0 Å². The highest BCUT2D eigenvalue weighted by atomic mass is 32.2. The Balaban J connectivity index is 1.85. The van der Waals surface area contributed by atoms with Crippen LogP contribution in [0.2, 0.25) is 0 Å². The van der Waals surface area contributed by atoms with E-state index in [-0.39, 0.29) is 17.1 Å². The molecule has 0 N–H and O–H groups in total. The van der Waals surface area contributed by atoms with E-state index in [2.05, 4.69) is 27.7 Å². The highest BCUT2D eigenvalue weighted by Gasteiger charge is 2.43. The lowest BCUT2D eigenvalue weighted by atomic mass is 9.81. The molecule has 0 saturated carbocycles. The third-order valence-electron chi connectivity index (χ3n) is 4.76. The van der Waals surface area contributed by atoms with Crippen LogP contribution in [0.25, 0.3) is 0 Å². The second-order valence-corrected chi connectivity index (χ2v) is 9.46. The van der Waals surface area contributed by atoms with Gasteiger partial charge in [-0.25, -0.2) is 12.4 Å². The van der Waals surface area contributed by atoms with E-state index in [0.29, 0.717) is 11.8 Å². The summed E-state index contributed by atoms with van der Waals surface area (Å²) >= 11 is 0. The zero-order valence-corrected chi connectivity index (χ0v) is 16.7. The third-order valence-corrected chi connectivity index (χ3v) is 6.41. The Hall–Kier alpha value is -1.57. The third kappa shape index (κ3) is 3.61. The summed E-state index contributed by atoms with van der Waals surface area (Å²) < 4.78 is 39.0. The van der Waals surface area contributed by atoms with Gasteiger partial charge in [-0.3, -0.25) is 0 Å². The van der Waals surface area contributed by atoms with Crippen LogP contribution in [0, 0.1) is 18.8 Å². The Morgan fingerprint density at radius 1 is 0.962 bits per heavy atom. The van der Waals surface area contributed by atoms with Gasteiger partial charge in [0.25, 0.3) is 10.0 Å². The zero-order chi connectivity index (χ0) is 19.1. The monoisotopic (exact) mass is 375 g/mol. The minimum absolute atomic E-state index is 0.00273. The normalized spacial score (nSPS) is 21.1. The molecule has 2 heterocycles. The van der Waals surface area contributed by atoms with Crippen LogP contribution in [-0.4, -0.2) is 31.7 Å². The van der Waals surface area contributed by atoms with Gasteiger partial charge in [0.2, 0.25) is 0 Å². The van der Waals surface area contributed by atoms with E-state index in [0.717, 1.165) is 11.0 Å². The predicted molar refractivity (Wildman–Crippen MR) is 103 cm³/mol. The SMILES string of the molecule is Cc1ccc(S(=O)(=O)n2ccc(B3OC(C(C)C)C(C(C)C)O3)c2)cc1. The number of nitrogens with zero attached hydrogens (tertiary/aromatic N) is 1. The van der Waals surface area contributed by atoms with Gasteiger partial charge in [-0.2, -0.15) is 0 Å². The first-order valence-electron chi connectivity index (χ1n) is 9.01. The fraction of sp³-hybridized carbons (Fsp3) is 0.474. The molecule has 5 nitrogen and oxygen atoms in total. The predicted octanol–water partition coefficient (Wildman–Crippen LogP) is 2.82. The fourth-order valence-electron chi connectivity index (χ4n) is 3.22. The van der Waals surface area contributed by atoms with E-state index in [4.69, 9.17) is 9.31 Å². The molecule has 2 atom stereocenters. The van der Waals surface area contributed by atoms with Crippen molar-refractivity contribution < 1.29 is 17.7 Å². The molecule has 0 bridgehead atoms. The Kier molecular flexibility index (Phi) is 5.33. The molecule has 140 valence electrons. The van der Waals surface area contributed by atoms with E-state index in [1.807, 2.05) is 6.92 Å². The average molecular weight is 375 g/mol. The summed E-state index contributed by atoms with van der Waals surface area (Å²) in [4.78, 5) is 0.263. The van der Waals surface area contributed by atoms with Crippen molar-refractivity contribution in [2.45, 2.75) is 51.7 Å². The maximum atomic E-state index is 12.8. The molecule has 1 saturated heterocycles. The molecule has 2 aromatic rings. The van der Waals surface area contributed by atoms with Crippen LogP contribution < -0.4 is 5.46 Å². The zero-order valence-electron chi connectivity index (χ0n) is 15.9. The number of aryl methyl sites for hydroxylation is 1. The Morgan fingerprint density at radius 3 is 2.00 bits per heavy atom. The Morgan fingerprint density at radius 2 is 1.50 bits per heavy atom. The van der Waals surface area contributed by atoms with Gasteiger partial charge in [0.05, 0.1) is 17.1 Å². The van der Waals surface area contributed by atoms with Crippen LogP contribution in [0.5, 0.6) is 0 Å². The van der Waals surface area contributed by atoms with Crippen molar-refractivity contribution in [2.24, 2.45) is 11.8 Å². The smallest absolute Gasteiger partial charge is 0.402 e. The second kappa shape index (κ2) is 7.21. The van der Waals surface area contributed by atoms with E-state index in [1.165, 1.54) is 3.97 Å². The molecule has 0 spiro atoms. The highest BCUT2D eigenvalue weighted by Crippen LogP contribution is 2.28. The Bertz CT molecular complexity index is 842. The van der Waals surface area contributed by atoms with Gasteiger partial charge in [0.1, 0.15) is 0 Å². The molecule has 0 amide bonds. The number of benzene rings is 1. The van der Waals surface area contributed by atoms with Crippen LogP contribution in [0.4, 0.5) is 0 Å². The molecular weight excluding hydrogens is 349 g/mol. The molecule has 0 radical (unpaired) electrons. The molecule has 1 fully saturated rings. The molecular formula is C19H26BNO4S. The quantitative estimate of drug-likeness (QED) is 0.755. The second-order valence-electron chi connectivity index (χ2n) is 7.61. The maximum Gasteiger partial charge on any atom is 0.496 e. The van der Waals surface area contributed by atoms with E-state index in [1.54, 1.807) is 42.7 Å². The van der Waals surface area contributed by atoms with Crippen LogP contribution in [0.3, 0.4) is 0 Å². The highest BCUT2D eigenvalue weighted by molar-refractivity contribution is 7.90. The molecule has 26 heavy (non-hydrogen) atoms. The summed E-state index contributed by atoms with van der Waals surface area (Å²) in [7, 11) is -4.16. The Labute approximate surface area is 156 Å². The minimum Gasteiger partial charge on any atom is -0.402 e. The van der Waals surface area contributed by atoms with Gasteiger partial charge in [0, 0.05) is 17.9 Å². The largest absolute Gasteiger partial charge is 0.496 e. The van der Waals surface area contributed by atoms with Gasteiger partial charge in [-0.05, 0) is 37.0 Å². The van der Waals surface area contributed by atoms with Crippen LogP contribution in [0.1, 0.15) is 33.3 Å². The standard InChI is InChI=1S/C19H26BNO4S/c1-13(2)18-19(14(3)4)25-20(24-18)16-10-11-21(12-16)26(22,23)17-8-6-15(5)7-9-17/h6-14,18-19H,1-5H3. The van der Waals surface area contributed by atoms with E-state index >= 15 is 0 Å². The molecule has 2 unspecified atom stereocenters. The molecule has 1 aromatic carbocycles. The first-order valence-corrected chi connectivity index (χ1v) is 10.4. The van der Waals surface area contributed by atoms with Crippen molar-refractivity contribution in [3.05, 3.63) is 48.3 Å². The number of hydrogen-bond donors (Lipinski definition) is 0. The molecule has 7 heteroatoms. The van der Waals surface area contributed by atoms with Crippen molar-refractivity contribution in [3.8, 4) is 0 Å². The molecule has 0 aliphatic carbocycles. The lowest BCUT2D eigenvalue weighted by Crippen LogP contribution is -2.32. The van der Waals surface area contributed by atoms with Crippen LogP contribution in [0.15, 0.2) is 47.6 Å². The summed E-state index contributed by atoms with van der Waals surface area (Å²) in [5.41, 5.74) is 1.74. The summed E-state index contributed by atoms with van der Waals surface area (Å²) in [6.45, 7) is 10.4. The molecule has 3 rings (SSSR count). The van der Waals surface area contributed by atoms with Crippen LogP contribution in [-0.2, 0) is 19.3 Å². The van der Waals surface area contributed by atoms with Crippen molar-refractivity contribution >= 4 is 22.6 Å². The first-order chi connectivity index (χ1) is 12.2. The summed E-state index contributed by atoms with van der Waals surface area (Å²) in [5.74, 6) is 0.650. The van der Waals surface area contributed by atoms with Gasteiger partial charge in [-0.15, -0.1) is 0 Å². The summed E-state index contributed by atoms with van der Waals surface area (Å²) in [6, 6.07) is 8.57. The fourth-order valence-corrected chi connectivity index (χ4v) is 4.42. The summed E-state index contributed by atoms with van der Waals surface area (Å²) in [6.07, 6.45) is 3.12. The lowest BCUT2D eigenvalue weighted by molar-refractivity contribution is 0.0815. The molecule has 1 aliphatic heterocycles. The van der Waals surface area contributed by atoms with E-state index in [9.17, 15) is 8.42 Å². The molecule has 1 aromatic heterocycles. The van der Waals surface area contributed by atoms with Gasteiger partial charge in [0.15, 0.2) is 0 Å². The van der Waals surface area contributed by atoms with Crippen molar-refractivity contribution in [1.82, 2.24) is 3.97 Å². The van der Waals surface area contributed by atoms with Gasteiger partial charge < -0.3 is 9.31 Å². The first kappa shape index (κ1) is 19.2. The lowest BCUT2D eigenvalue weighted by Gasteiger charge is -2.24. The van der Waals surface area contributed by atoms with Gasteiger partial charge >= 0.3 is 7.12 Å². The van der Waals surface area contributed by atoms with Crippen molar-refractivity contribution in [3.63, 3.8) is 0 Å². The maximum absolute atomic E-state index is 12.8. The van der Waals surface area contributed by atoms with Crippen molar-refractivity contribution in [1.29, 1.82) is 0 Å². The molecule has 1 aliphatic rings. The topological polar surface area (TPSA) is 57.5 Å². The van der Waals surface area contributed by atoms with Crippen molar-refractivity contribution in [2.75, 3.05) is 0 Å². The van der Waals surface area contributed by atoms with Gasteiger partial charge in [-0.1, -0.05) is 45.4 Å². The number of rotatable bonds is 5. The average Bonchev–Trinajstić information content (AvgIpc) is 3.22. The minimum atomic E-state index is -3.62.